The number of amides is 4. The number of carbonyl (C=O) groups is 5. The van der Waals surface area contributed by atoms with Gasteiger partial charge in [-0.2, -0.15) is 0 Å². The van der Waals surface area contributed by atoms with Gasteiger partial charge < -0.3 is 4.74 Å². The first-order valence-corrected chi connectivity index (χ1v) is 13.1. The van der Waals surface area contributed by atoms with Crippen molar-refractivity contribution in [2.75, 3.05) is 11.5 Å². The fraction of sp³-hybridized carbons (Fsp3) is 0.320. The average molecular weight is 609 g/mol. The lowest BCUT2D eigenvalue weighted by molar-refractivity contribution is -0.125. The zero-order valence-corrected chi connectivity index (χ0v) is 22.1. The van der Waals surface area contributed by atoms with Gasteiger partial charge in [-0.25, -0.2) is 4.79 Å². The van der Waals surface area contributed by atoms with E-state index >= 15 is 0 Å². The van der Waals surface area contributed by atoms with E-state index in [2.05, 4.69) is 26.8 Å². The van der Waals surface area contributed by atoms with Gasteiger partial charge in [-0.1, -0.05) is 15.9 Å². The van der Waals surface area contributed by atoms with Crippen LogP contribution in [-0.2, 0) is 19.1 Å². The van der Waals surface area contributed by atoms with Crippen molar-refractivity contribution in [3.63, 3.8) is 0 Å². The van der Waals surface area contributed by atoms with Gasteiger partial charge in [0.05, 0.1) is 33.8 Å². The summed E-state index contributed by atoms with van der Waals surface area (Å²) in [6, 6.07) is 12.3. The van der Waals surface area contributed by atoms with Gasteiger partial charge in [0.25, 0.3) is 11.8 Å². The molecule has 3 aliphatic rings. The molecule has 9 nitrogen and oxygen atoms in total. The van der Waals surface area contributed by atoms with Crippen molar-refractivity contribution in [2.45, 2.75) is 17.2 Å². The molecule has 4 amide bonds. The molecule has 37 heavy (non-hydrogen) atoms. The third kappa shape index (κ3) is 4.62. The molecule has 0 radical (unpaired) electrons. The normalized spacial score (nSPS) is 27.7. The molecule has 0 aromatic heterocycles. The summed E-state index contributed by atoms with van der Waals surface area (Å²) < 4.78 is 5.79. The molecule has 5 rings (SSSR count). The second kappa shape index (κ2) is 10.1. The van der Waals surface area contributed by atoms with E-state index in [0.717, 1.165) is 9.37 Å². The highest BCUT2D eigenvalue weighted by Crippen LogP contribution is 2.59. The first-order chi connectivity index (χ1) is 17.7. The molecule has 1 aliphatic heterocycles. The number of rotatable bonds is 5. The van der Waals surface area contributed by atoms with Crippen molar-refractivity contribution in [1.82, 2.24) is 10.9 Å². The van der Waals surface area contributed by atoms with Crippen molar-refractivity contribution in [1.29, 1.82) is 0 Å². The molecule has 2 aromatic carbocycles. The third-order valence-corrected chi connectivity index (χ3v) is 8.95. The van der Waals surface area contributed by atoms with E-state index in [1.165, 1.54) is 24.3 Å². The number of benzene rings is 2. The summed E-state index contributed by atoms with van der Waals surface area (Å²) in [5.41, 5.74) is 5.19. The van der Waals surface area contributed by atoms with E-state index in [9.17, 15) is 24.0 Å². The van der Waals surface area contributed by atoms with E-state index in [1.54, 1.807) is 24.3 Å². The van der Waals surface area contributed by atoms with Gasteiger partial charge in [-0.3, -0.25) is 34.9 Å². The molecule has 1 heterocycles. The zero-order chi connectivity index (χ0) is 26.4. The summed E-state index contributed by atoms with van der Waals surface area (Å²) in [4.78, 5) is 63.7. The molecule has 2 aliphatic carbocycles. The molecule has 2 N–H and O–H groups in total. The van der Waals surface area contributed by atoms with E-state index < -0.39 is 36.2 Å². The fourth-order valence-corrected chi connectivity index (χ4v) is 6.56. The summed E-state index contributed by atoms with van der Waals surface area (Å²) >= 11 is 16.1. The lowest BCUT2D eigenvalue weighted by Gasteiger charge is -2.28. The van der Waals surface area contributed by atoms with Crippen molar-refractivity contribution in [3.8, 4) is 0 Å². The van der Waals surface area contributed by atoms with Crippen molar-refractivity contribution in [2.24, 2.45) is 23.7 Å². The van der Waals surface area contributed by atoms with Crippen LogP contribution in [0.5, 0.6) is 0 Å². The average Bonchev–Trinajstić information content (AvgIpc) is 3.51. The SMILES string of the molecule is O=C(COC(=O)c1ccc(N2C(=O)[C@@H]3[C@H]4C[C@@H]([C@H](Cl)[C@H]4Cl)[C@@H]3C2=O)cc1)NNC(=O)c1ccc(Br)cc1. The van der Waals surface area contributed by atoms with Crippen LogP contribution in [0.1, 0.15) is 27.1 Å². The van der Waals surface area contributed by atoms with Crippen LogP contribution >= 0.6 is 39.1 Å². The van der Waals surface area contributed by atoms with Crippen LogP contribution in [0.4, 0.5) is 5.69 Å². The number of hydrazine groups is 1. The zero-order valence-electron chi connectivity index (χ0n) is 19.0. The largest absolute Gasteiger partial charge is 0.452 e. The highest BCUT2D eigenvalue weighted by Gasteiger charge is 2.66. The van der Waals surface area contributed by atoms with Crippen molar-refractivity contribution >= 4 is 74.4 Å². The number of hydrogen-bond donors (Lipinski definition) is 2. The molecule has 3 fully saturated rings. The molecule has 0 unspecified atom stereocenters. The molecule has 2 aromatic rings. The number of ether oxygens (including phenoxy) is 1. The molecular formula is C25H20BrCl2N3O6. The summed E-state index contributed by atoms with van der Waals surface area (Å²) in [5, 5.41) is -0.680. The van der Waals surface area contributed by atoms with E-state index in [4.69, 9.17) is 27.9 Å². The van der Waals surface area contributed by atoms with Crippen LogP contribution in [0.3, 0.4) is 0 Å². The molecule has 12 heteroatoms. The molecule has 2 bridgehead atoms. The molecular weight excluding hydrogens is 589 g/mol. The Hall–Kier alpha value is -2.95. The van der Waals surface area contributed by atoms with Crippen molar-refractivity contribution < 1.29 is 28.7 Å². The second-order valence-electron chi connectivity index (χ2n) is 9.15. The fourth-order valence-electron chi connectivity index (χ4n) is 5.40. The lowest BCUT2D eigenvalue weighted by Crippen LogP contribution is -2.43. The molecule has 192 valence electrons. The van der Waals surface area contributed by atoms with Crippen LogP contribution in [0.2, 0.25) is 0 Å². The predicted octanol–water partition coefficient (Wildman–Crippen LogP) is 3.04. The number of fused-ring (bicyclic) bond motifs is 5. The number of anilines is 1. The van der Waals surface area contributed by atoms with E-state index in [0.29, 0.717) is 17.7 Å². The summed E-state index contributed by atoms with van der Waals surface area (Å²) in [6.07, 6.45) is 0.676. The first kappa shape index (κ1) is 25.7. The number of esters is 1. The monoisotopic (exact) mass is 607 g/mol. The minimum Gasteiger partial charge on any atom is -0.452 e. The topological polar surface area (TPSA) is 122 Å². The van der Waals surface area contributed by atoms with Crippen LogP contribution in [0.25, 0.3) is 0 Å². The number of nitrogens with one attached hydrogen (secondary N) is 2. The van der Waals surface area contributed by atoms with E-state index in [-0.39, 0.29) is 40.0 Å². The Bertz CT molecular complexity index is 1260. The molecule has 0 spiro atoms. The maximum atomic E-state index is 13.1. The van der Waals surface area contributed by atoms with Gasteiger partial charge >= 0.3 is 5.97 Å². The summed E-state index contributed by atoms with van der Waals surface area (Å²) in [7, 11) is 0. The second-order valence-corrected chi connectivity index (χ2v) is 11.1. The smallest absolute Gasteiger partial charge is 0.338 e. The van der Waals surface area contributed by atoms with Crippen LogP contribution in [0.15, 0.2) is 53.0 Å². The molecule has 6 atom stereocenters. The maximum absolute atomic E-state index is 13.1. The number of hydrogen-bond acceptors (Lipinski definition) is 6. The number of nitrogens with zero attached hydrogens (tertiary/aromatic N) is 1. The Kier molecular flexibility index (Phi) is 6.99. The standard InChI is InChI=1S/C25H20BrCl2N3O6/c26-13-5-1-11(2-6-13)22(33)30-29-17(32)10-37-25(36)12-3-7-14(8-4-12)31-23(34)18-15-9-16(19(18)24(31)35)21(28)20(15)27/h1-8,15-16,18-21H,9-10H2,(H,29,32)(H,30,33)/t15-,16-,18-,19+,20+,21+/m1/s1. The van der Waals surface area contributed by atoms with Crippen LogP contribution < -0.4 is 15.8 Å². The molecule has 2 saturated carbocycles. The quantitative estimate of drug-likeness (QED) is 0.233. The highest BCUT2D eigenvalue weighted by molar-refractivity contribution is 9.10. The Morgan fingerprint density at radius 1 is 0.865 bits per heavy atom. The number of carbonyl (C=O) groups excluding carboxylic acids is 5. The summed E-state index contributed by atoms with van der Waals surface area (Å²) in [6.45, 7) is -0.629. The number of halogens is 3. The van der Waals surface area contributed by atoms with Gasteiger partial charge in [0.1, 0.15) is 0 Å². The highest BCUT2D eigenvalue weighted by atomic mass is 79.9. The Morgan fingerprint density at radius 3 is 1.97 bits per heavy atom. The molecule has 1 saturated heterocycles. The maximum Gasteiger partial charge on any atom is 0.338 e. The van der Waals surface area contributed by atoms with Crippen LogP contribution in [0, 0.1) is 23.7 Å². The Labute approximate surface area is 229 Å². The third-order valence-electron chi connectivity index (χ3n) is 7.10. The number of imide groups is 1. The van der Waals surface area contributed by atoms with Crippen molar-refractivity contribution in [3.05, 3.63) is 64.1 Å². The minimum absolute atomic E-state index is 0.122. The first-order valence-electron chi connectivity index (χ1n) is 11.4. The minimum atomic E-state index is -0.787. The van der Waals surface area contributed by atoms with Crippen LogP contribution in [-0.4, -0.2) is 47.0 Å². The summed E-state index contributed by atoms with van der Waals surface area (Å²) in [5.74, 6) is -3.84. The van der Waals surface area contributed by atoms with Gasteiger partial charge in [0.15, 0.2) is 6.61 Å². The predicted molar refractivity (Wildman–Crippen MR) is 137 cm³/mol. The van der Waals surface area contributed by atoms with Gasteiger partial charge in [-0.15, -0.1) is 23.2 Å². The van der Waals surface area contributed by atoms with E-state index in [1.807, 2.05) is 0 Å². The van der Waals surface area contributed by atoms with Gasteiger partial charge in [0.2, 0.25) is 11.8 Å². The lowest BCUT2D eigenvalue weighted by atomic mass is 9.80. The van der Waals surface area contributed by atoms with Gasteiger partial charge in [0, 0.05) is 10.0 Å². The Balaban J connectivity index is 1.15. The van der Waals surface area contributed by atoms with Gasteiger partial charge in [-0.05, 0) is 66.8 Å². The Morgan fingerprint density at radius 2 is 1.41 bits per heavy atom. The number of alkyl halides is 2.